The zero-order valence-corrected chi connectivity index (χ0v) is 15.0. The van der Waals surface area contributed by atoms with Crippen molar-refractivity contribution < 1.29 is 0 Å². The van der Waals surface area contributed by atoms with E-state index in [4.69, 9.17) is 17.3 Å². The maximum absolute atomic E-state index is 13.0. The van der Waals surface area contributed by atoms with Crippen LogP contribution in [0.15, 0.2) is 23.0 Å². The van der Waals surface area contributed by atoms with Crippen LogP contribution in [0.25, 0.3) is 10.9 Å². The highest BCUT2D eigenvalue weighted by Crippen LogP contribution is 2.20. The molecule has 1 aliphatic rings. The van der Waals surface area contributed by atoms with E-state index in [2.05, 4.69) is 21.8 Å². The van der Waals surface area contributed by atoms with Crippen molar-refractivity contribution in [3.63, 3.8) is 0 Å². The Labute approximate surface area is 146 Å². The number of likely N-dealkylation sites (N-methyl/N-ethyl adjacent to an activating group) is 1. The molecule has 0 amide bonds. The van der Waals surface area contributed by atoms with E-state index in [-0.39, 0.29) is 11.6 Å². The quantitative estimate of drug-likeness (QED) is 0.901. The van der Waals surface area contributed by atoms with E-state index in [0.29, 0.717) is 28.3 Å². The highest BCUT2D eigenvalue weighted by molar-refractivity contribution is 6.35. The summed E-state index contributed by atoms with van der Waals surface area (Å²) in [6.45, 7) is 7.37. The molecule has 0 radical (unpaired) electrons. The van der Waals surface area contributed by atoms with Crippen molar-refractivity contribution in [1.82, 2.24) is 19.4 Å². The molecule has 0 saturated carbocycles. The molecule has 2 N–H and O–H groups in total. The first-order valence-corrected chi connectivity index (χ1v) is 8.70. The fourth-order valence-corrected chi connectivity index (χ4v) is 3.37. The SMILES string of the molecule is CC(N)c1nc2cccc(Cl)c2c(=O)n1CCN1CCN(C)CC1. The molecular formula is C17H24ClN5O. The van der Waals surface area contributed by atoms with Gasteiger partial charge in [0.1, 0.15) is 5.82 Å². The monoisotopic (exact) mass is 349 g/mol. The Morgan fingerprint density at radius 2 is 1.96 bits per heavy atom. The van der Waals surface area contributed by atoms with Crippen LogP contribution in [-0.4, -0.2) is 59.1 Å². The molecule has 1 atom stereocenters. The number of hydrogen-bond donors (Lipinski definition) is 1. The van der Waals surface area contributed by atoms with Gasteiger partial charge in [0.2, 0.25) is 0 Å². The molecule has 7 heteroatoms. The molecule has 1 saturated heterocycles. The summed E-state index contributed by atoms with van der Waals surface area (Å²) in [5.74, 6) is 0.615. The molecule has 1 aromatic carbocycles. The standard InChI is InChI=1S/C17H24ClN5O/c1-12(19)16-20-14-5-3-4-13(18)15(14)17(24)23(16)11-10-22-8-6-21(2)7-9-22/h3-5,12H,6-11,19H2,1-2H3. The van der Waals surface area contributed by atoms with Crippen LogP contribution in [0.3, 0.4) is 0 Å². The van der Waals surface area contributed by atoms with Crippen LogP contribution in [-0.2, 0) is 6.54 Å². The number of nitrogens with two attached hydrogens (primary N) is 1. The molecule has 130 valence electrons. The summed E-state index contributed by atoms with van der Waals surface area (Å²) >= 11 is 6.23. The van der Waals surface area contributed by atoms with Gasteiger partial charge in [0.05, 0.1) is 22.0 Å². The largest absolute Gasteiger partial charge is 0.322 e. The van der Waals surface area contributed by atoms with Gasteiger partial charge in [-0.2, -0.15) is 0 Å². The fraction of sp³-hybridized carbons (Fsp3) is 0.529. The summed E-state index contributed by atoms with van der Waals surface area (Å²) in [5, 5.41) is 0.913. The van der Waals surface area contributed by atoms with E-state index in [1.807, 2.05) is 6.92 Å². The van der Waals surface area contributed by atoms with E-state index in [1.54, 1.807) is 22.8 Å². The molecular weight excluding hydrogens is 326 g/mol. The Morgan fingerprint density at radius 3 is 2.62 bits per heavy atom. The maximum atomic E-state index is 13.0. The topological polar surface area (TPSA) is 67.4 Å². The first kappa shape index (κ1) is 17.4. The molecule has 0 spiro atoms. The molecule has 1 aliphatic heterocycles. The Bertz CT molecular complexity index is 780. The van der Waals surface area contributed by atoms with Gasteiger partial charge in [0.15, 0.2) is 0 Å². The number of hydrogen-bond acceptors (Lipinski definition) is 5. The van der Waals surface area contributed by atoms with Crippen LogP contribution in [0.4, 0.5) is 0 Å². The van der Waals surface area contributed by atoms with Crippen LogP contribution in [0, 0.1) is 0 Å². The van der Waals surface area contributed by atoms with Gasteiger partial charge in [-0.3, -0.25) is 14.3 Å². The Morgan fingerprint density at radius 1 is 1.25 bits per heavy atom. The van der Waals surface area contributed by atoms with Crippen LogP contribution in [0.2, 0.25) is 5.02 Å². The predicted octanol–water partition coefficient (Wildman–Crippen LogP) is 1.32. The fourth-order valence-electron chi connectivity index (χ4n) is 3.12. The molecule has 0 aliphatic carbocycles. The van der Waals surface area contributed by atoms with E-state index in [1.165, 1.54) is 0 Å². The third kappa shape index (κ3) is 3.47. The smallest absolute Gasteiger partial charge is 0.262 e. The number of aromatic nitrogens is 2. The summed E-state index contributed by atoms with van der Waals surface area (Å²) in [6.07, 6.45) is 0. The lowest BCUT2D eigenvalue weighted by molar-refractivity contribution is 0.149. The van der Waals surface area contributed by atoms with Gasteiger partial charge in [-0.15, -0.1) is 0 Å². The second-order valence-electron chi connectivity index (χ2n) is 6.49. The van der Waals surface area contributed by atoms with Gasteiger partial charge in [-0.05, 0) is 26.1 Å². The maximum Gasteiger partial charge on any atom is 0.262 e. The van der Waals surface area contributed by atoms with Crippen molar-refractivity contribution in [3.05, 3.63) is 39.4 Å². The Hall–Kier alpha value is -1.47. The van der Waals surface area contributed by atoms with Gasteiger partial charge in [-0.25, -0.2) is 4.98 Å². The van der Waals surface area contributed by atoms with Crippen LogP contribution in [0.5, 0.6) is 0 Å². The van der Waals surface area contributed by atoms with Crippen molar-refractivity contribution in [3.8, 4) is 0 Å². The Balaban J connectivity index is 1.93. The molecule has 6 nitrogen and oxygen atoms in total. The lowest BCUT2D eigenvalue weighted by Gasteiger charge is -2.32. The number of halogens is 1. The lowest BCUT2D eigenvalue weighted by Crippen LogP contribution is -2.46. The summed E-state index contributed by atoms with van der Waals surface area (Å²) in [7, 11) is 2.13. The van der Waals surface area contributed by atoms with Crippen molar-refractivity contribution >= 4 is 22.5 Å². The molecule has 3 rings (SSSR count). The number of rotatable bonds is 4. The zero-order chi connectivity index (χ0) is 17.3. The average molecular weight is 350 g/mol. The first-order chi connectivity index (χ1) is 11.5. The summed E-state index contributed by atoms with van der Waals surface area (Å²) in [4.78, 5) is 22.2. The normalized spacial score (nSPS) is 18.2. The third-order valence-electron chi connectivity index (χ3n) is 4.61. The van der Waals surface area contributed by atoms with Gasteiger partial charge in [0.25, 0.3) is 5.56 Å². The lowest BCUT2D eigenvalue weighted by atomic mass is 10.2. The van der Waals surface area contributed by atoms with Crippen molar-refractivity contribution in [2.45, 2.75) is 19.5 Å². The summed E-state index contributed by atoms with van der Waals surface area (Å²) < 4.78 is 1.69. The second kappa shape index (κ2) is 7.19. The number of fused-ring (bicyclic) bond motifs is 1. The molecule has 1 aromatic heterocycles. The number of piperazine rings is 1. The third-order valence-corrected chi connectivity index (χ3v) is 4.92. The van der Waals surface area contributed by atoms with Crippen LogP contribution >= 0.6 is 11.6 Å². The number of nitrogens with zero attached hydrogens (tertiary/aromatic N) is 4. The van der Waals surface area contributed by atoms with Gasteiger partial charge < -0.3 is 10.6 Å². The molecule has 1 unspecified atom stereocenters. The minimum absolute atomic E-state index is 0.105. The van der Waals surface area contributed by atoms with Gasteiger partial charge in [-0.1, -0.05) is 17.7 Å². The van der Waals surface area contributed by atoms with Crippen molar-refractivity contribution in [1.29, 1.82) is 0 Å². The van der Waals surface area contributed by atoms with E-state index in [9.17, 15) is 4.79 Å². The Kier molecular flexibility index (Phi) is 5.20. The second-order valence-corrected chi connectivity index (χ2v) is 6.90. The van der Waals surface area contributed by atoms with E-state index >= 15 is 0 Å². The predicted molar refractivity (Wildman–Crippen MR) is 97.6 cm³/mol. The van der Waals surface area contributed by atoms with E-state index in [0.717, 1.165) is 32.7 Å². The van der Waals surface area contributed by atoms with Crippen molar-refractivity contribution in [2.24, 2.45) is 5.73 Å². The highest BCUT2D eigenvalue weighted by atomic mass is 35.5. The number of benzene rings is 1. The molecule has 2 aromatic rings. The summed E-state index contributed by atoms with van der Waals surface area (Å²) in [5.41, 5.74) is 6.57. The minimum Gasteiger partial charge on any atom is -0.322 e. The van der Waals surface area contributed by atoms with Crippen LogP contribution < -0.4 is 11.3 Å². The van der Waals surface area contributed by atoms with Crippen molar-refractivity contribution in [2.75, 3.05) is 39.8 Å². The molecule has 1 fully saturated rings. The van der Waals surface area contributed by atoms with E-state index < -0.39 is 0 Å². The highest BCUT2D eigenvalue weighted by Gasteiger charge is 2.18. The van der Waals surface area contributed by atoms with Crippen LogP contribution in [0.1, 0.15) is 18.8 Å². The minimum atomic E-state index is -0.312. The molecule has 2 heterocycles. The first-order valence-electron chi connectivity index (χ1n) is 8.33. The molecule has 24 heavy (non-hydrogen) atoms. The molecule has 0 bridgehead atoms. The van der Waals surface area contributed by atoms with Gasteiger partial charge >= 0.3 is 0 Å². The zero-order valence-electron chi connectivity index (χ0n) is 14.2. The summed E-state index contributed by atoms with van der Waals surface area (Å²) in [6, 6.07) is 5.02. The van der Waals surface area contributed by atoms with Gasteiger partial charge in [0, 0.05) is 39.3 Å². The average Bonchev–Trinajstić information content (AvgIpc) is 2.55.